The van der Waals surface area contributed by atoms with Crippen LogP contribution in [0.15, 0.2) is 61.2 Å². The number of hydrogen-bond acceptors (Lipinski definition) is 5. The lowest BCUT2D eigenvalue weighted by Gasteiger charge is -2.27. The second-order valence-corrected chi connectivity index (χ2v) is 8.65. The number of likely N-dealkylation sites (tertiary alicyclic amines) is 2. The summed E-state index contributed by atoms with van der Waals surface area (Å²) in [5.41, 5.74) is 3.92. The highest BCUT2D eigenvalue weighted by molar-refractivity contribution is 5.85. The molecule has 172 valence electrons. The first-order valence-corrected chi connectivity index (χ1v) is 10.7. The van der Waals surface area contributed by atoms with Crippen molar-refractivity contribution in [1.82, 2.24) is 24.6 Å². The molecule has 3 aromatic rings. The lowest BCUT2D eigenvalue weighted by atomic mass is 9.90. The van der Waals surface area contributed by atoms with Gasteiger partial charge >= 0.3 is 0 Å². The Morgan fingerprint density at radius 1 is 1.00 bits per heavy atom. The molecular weight excluding hydrogens is 445 g/mol. The lowest BCUT2D eigenvalue weighted by Crippen LogP contribution is -2.28. The molecule has 0 aliphatic carbocycles. The van der Waals surface area contributed by atoms with E-state index in [-0.39, 0.29) is 24.8 Å². The number of methoxy groups -OCH3 is 1. The SMILES string of the molecule is COc1ccc(CN2C[C@@H]3CN(C)[C@@H](c4ccccc4)[C@@H]3C2)cc1Cn1cncn1.Cl.Cl. The van der Waals surface area contributed by atoms with Gasteiger partial charge in [-0.1, -0.05) is 36.4 Å². The third-order valence-electron chi connectivity index (χ3n) is 6.66. The molecule has 0 unspecified atom stereocenters. The fourth-order valence-corrected chi connectivity index (χ4v) is 5.43. The Kier molecular flexibility index (Phi) is 8.17. The minimum Gasteiger partial charge on any atom is -0.496 e. The maximum absolute atomic E-state index is 5.57. The minimum atomic E-state index is 0. The van der Waals surface area contributed by atoms with Crippen LogP contribution in [0.25, 0.3) is 0 Å². The van der Waals surface area contributed by atoms with Crippen LogP contribution in [0.5, 0.6) is 5.75 Å². The molecule has 32 heavy (non-hydrogen) atoms. The predicted molar refractivity (Wildman–Crippen MR) is 131 cm³/mol. The number of aromatic nitrogens is 3. The fourth-order valence-electron chi connectivity index (χ4n) is 5.43. The van der Waals surface area contributed by atoms with E-state index in [1.807, 2.05) is 4.68 Å². The molecule has 0 spiro atoms. The Morgan fingerprint density at radius 2 is 1.81 bits per heavy atom. The van der Waals surface area contributed by atoms with Crippen molar-refractivity contribution in [3.05, 3.63) is 77.9 Å². The van der Waals surface area contributed by atoms with Gasteiger partial charge in [0.15, 0.2) is 0 Å². The van der Waals surface area contributed by atoms with E-state index < -0.39 is 0 Å². The zero-order chi connectivity index (χ0) is 20.5. The molecule has 3 atom stereocenters. The average molecular weight is 476 g/mol. The Morgan fingerprint density at radius 3 is 2.53 bits per heavy atom. The highest BCUT2D eigenvalue weighted by Gasteiger charge is 2.45. The molecule has 3 heterocycles. The maximum atomic E-state index is 5.57. The summed E-state index contributed by atoms with van der Waals surface area (Å²) in [7, 11) is 4.00. The molecule has 2 aliphatic rings. The third kappa shape index (κ3) is 4.94. The monoisotopic (exact) mass is 475 g/mol. The highest BCUT2D eigenvalue weighted by Crippen LogP contribution is 2.44. The summed E-state index contributed by atoms with van der Waals surface area (Å²) in [5, 5.41) is 4.24. The molecule has 0 saturated carbocycles. The summed E-state index contributed by atoms with van der Waals surface area (Å²) in [6, 6.07) is 18.1. The van der Waals surface area contributed by atoms with Crippen molar-refractivity contribution in [2.45, 2.75) is 19.1 Å². The van der Waals surface area contributed by atoms with Crippen molar-refractivity contribution >= 4 is 24.8 Å². The van der Waals surface area contributed by atoms with Crippen LogP contribution < -0.4 is 4.74 Å². The van der Waals surface area contributed by atoms with Gasteiger partial charge in [0.05, 0.1) is 13.7 Å². The van der Waals surface area contributed by atoms with Crippen molar-refractivity contribution in [3.63, 3.8) is 0 Å². The molecule has 8 heteroatoms. The van der Waals surface area contributed by atoms with Crippen LogP contribution in [-0.2, 0) is 13.1 Å². The Bertz CT molecular complexity index is 985. The van der Waals surface area contributed by atoms with Crippen LogP contribution in [0.2, 0.25) is 0 Å². The predicted octanol–water partition coefficient (Wildman–Crippen LogP) is 3.91. The van der Waals surface area contributed by atoms with E-state index in [0.29, 0.717) is 18.5 Å². The number of nitrogens with zero attached hydrogens (tertiary/aromatic N) is 5. The van der Waals surface area contributed by atoms with Crippen molar-refractivity contribution in [1.29, 1.82) is 0 Å². The van der Waals surface area contributed by atoms with Gasteiger partial charge in [0, 0.05) is 37.8 Å². The largest absolute Gasteiger partial charge is 0.496 e. The first-order valence-electron chi connectivity index (χ1n) is 10.7. The molecule has 2 aromatic carbocycles. The van der Waals surface area contributed by atoms with Gasteiger partial charge in [-0.2, -0.15) is 5.10 Å². The normalized spacial score (nSPS) is 22.8. The summed E-state index contributed by atoms with van der Waals surface area (Å²) >= 11 is 0. The molecule has 0 N–H and O–H groups in total. The van der Waals surface area contributed by atoms with Gasteiger partial charge in [0.25, 0.3) is 0 Å². The number of fused-ring (bicyclic) bond motifs is 1. The van der Waals surface area contributed by atoms with Gasteiger partial charge in [-0.3, -0.25) is 9.80 Å². The van der Waals surface area contributed by atoms with Gasteiger partial charge in [-0.05, 0) is 42.1 Å². The Labute approximate surface area is 202 Å². The molecule has 6 nitrogen and oxygen atoms in total. The van der Waals surface area contributed by atoms with Crippen LogP contribution >= 0.6 is 24.8 Å². The van der Waals surface area contributed by atoms with E-state index >= 15 is 0 Å². The van der Waals surface area contributed by atoms with Crippen LogP contribution in [0.1, 0.15) is 22.7 Å². The van der Waals surface area contributed by atoms with Gasteiger partial charge in [-0.15, -0.1) is 24.8 Å². The molecule has 5 rings (SSSR count). The van der Waals surface area contributed by atoms with Crippen LogP contribution in [0, 0.1) is 11.8 Å². The zero-order valence-electron chi connectivity index (χ0n) is 18.5. The molecule has 0 radical (unpaired) electrons. The van der Waals surface area contributed by atoms with Crippen molar-refractivity contribution in [3.8, 4) is 5.75 Å². The van der Waals surface area contributed by atoms with E-state index in [2.05, 4.69) is 75.5 Å². The number of halogens is 2. The van der Waals surface area contributed by atoms with Gasteiger partial charge < -0.3 is 4.74 Å². The van der Waals surface area contributed by atoms with E-state index in [1.165, 1.54) is 24.2 Å². The number of rotatable bonds is 6. The highest BCUT2D eigenvalue weighted by atomic mass is 35.5. The van der Waals surface area contributed by atoms with Gasteiger partial charge in [-0.25, -0.2) is 9.67 Å². The molecular formula is C24H31Cl2N5O. The first kappa shape index (κ1) is 24.5. The minimum absolute atomic E-state index is 0. The fraction of sp³-hybridized carbons (Fsp3) is 0.417. The summed E-state index contributed by atoms with van der Waals surface area (Å²) in [4.78, 5) is 9.22. The van der Waals surface area contributed by atoms with E-state index in [4.69, 9.17) is 4.74 Å². The summed E-state index contributed by atoms with van der Waals surface area (Å²) in [5.74, 6) is 2.34. The van der Waals surface area contributed by atoms with Crippen LogP contribution in [-0.4, -0.2) is 58.4 Å². The first-order chi connectivity index (χ1) is 14.7. The second kappa shape index (κ2) is 10.7. The van der Waals surface area contributed by atoms with E-state index in [1.54, 1.807) is 19.8 Å². The molecule has 0 amide bonds. The zero-order valence-corrected chi connectivity index (χ0v) is 20.1. The lowest BCUT2D eigenvalue weighted by molar-refractivity contribution is 0.224. The number of hydrogen-bond donors (Lipinski definition) is 0. The molecule has 2 fully saturated rings. The standard InChI is InChI=1S/C24H29N5O.2ClH/c1-27-12-21-13-28(15-22(21)24(27)19-6-4-3-5-7-19)11-18-8-9-23(30-2)20(10-18)14-29-17-25-16-26-29;;/h3-10,16-17,21-22,24H,11-15H2,1-2H3;2*1H/t21-,22+,24-;;/m0../s1. The maximum Gasteiger partial charge on any atom is 0.137 e. The quantitative estimate of drug-likeness (QED) is 0.540. The molecule has 0 bridgehead atoms. The molecule has 2 saturated heterocycles. The van der Waals surface area contributed by atoms with Gasteiger partial charge in [0.2, 0.25) is 0 Å². The third-order valence-corrected chi connectivity index (χ3v) is 6.66. The summed E-state index contributed by atoms with van der Waals surface area (Å²) < 4.78 is 7.41. The van der Waals surface area contributed by atoms with Crippen LogP contribution in [0.3, 0.4) is 0 Å². The topological polar surface area (TPSA) is 46.4 Å². The van der Waals surface area contributed by atoms with Crippen molar-refractivity contribution < 1.29 is 4.74 Å². The molecule has 2 aliphatic heterocycles. The van der Waals surface area contributed by atoms with E-state index in [9.17, 15) is 0 Å². The molecule has 1 aromatic heterocycles. The van der Waals surface area contributed by atoms with Crippen LogP contribution in [0.4, 0.5) is 0 Å². The number of ether oxygens (including phenoxy) is 1. The second-order valence-electron chi connectivity index (χ2n) is 8.65. The number of benzene rings is 2. The summed E-state index contributed by atoms with van der Waals surface area (Å²) in [6.45, 7) is 5.15. The van der Waals surface area contributed by atoms with Crippen molar-refractivity contribution in [2.24, 2.45) is 11.8 Å². The Hall–Kier alpha value is -2.12. The van der Waals surface area contributed by atoms with E-state index in [0.717, 1.165) is 30.3 Å². The van der Waals surface area contributed by atoms with Gasteiger partial charge in [0.1, 0.15) is 18.4 Å². The smallest absolute Gasteiger partial charge is 0.137 e. The van der Waals surface area contributed by atoms with Crippen molar-refractivity contribution in [2.75, 3.05) is 33.8 Å². The average Bonchev–Trinajstić information content (AvgIpc) is 3.45. The summed E-state index contributed by atoms with van der Waals surface area (Å²) in [6.07, 6.45) is 3.31. The Balaban J connectivity index is 0.00000144.